The third-order valence-electron chi connectivity index (χ3n) is 6.02. The highest BCUT2D eigenvalue weighted by Gasteiger charge is 2.53. The Bertz CT molecular complexity index is 936. The lowest BCUT2D eigenvalue weighted by molar-refractivity contribution is -0.180. The second kappa shape index (κ2) is 7.48. The van der Waals surface area contributed by atoms with Gasteiger partial charge in [-0.25, -0.2) is 4.39 Å². The van der Waals surface area contributed by atoms with Gasteiger partial charge in [-0.15, -0.1) is 0 Å². The van der Waals surface area contributed by atoms with Gasteiger partial charge < -0.3 is 19.3 Å². The van der Waals surface area contributed by atoms with Crippen molar-refractivity contribution in [1.82, 2.24) is 9.80 Å². The second-order valence-corrected chi connectivity index (χ2v) is 7.39. The number of ether oxygens (including phenoxy) is 2. The van der Waals surface area contributed by atoms with Crippen molar-refractivity contribution in [2.45, 2.75) is 18.1 Å². The summed E-state index contributed by atoms with van der Waals surface area (Å²) in [7, 11) is 3.21. The van der Waals surface area contributed by atoms with Gasteiger partial charge in [0.25, 0.3) is 5.91 Å². The molecule has 2 heterocycles. The Morgan fingerprint density at radius 3 is 2.72 bits per heavy atom. The number of halogens is 1. The molecule has 2 aliphatic heterocycles. The van der Waals surface area contributed by atoms with Crippen LogP contribution in [0.4, 0.5) is 4.39 Å². The van der Waals surface area contributed by atoms with Gasteiger partial charge in [-0.2, -0.15) is 0 Å². The number of rotatable bonds is 3. The van der Waals surface area contributed by atoms with Gasteiger partial charge in [0.05, 0.1) is 18.2 Å². The summed E-state index contributed by atoms with van der Waals surface area (Å²) < 4.78 is 24.6. The van der Waals surface area contributed by atoms with E-state index in [9.17, 15) is 14.0 Å². The predicted molar refractivity (Wildman–Crippen MR) is 104 cm³/mol. The van der Waals surface area contributed by atoms with Crippen LogP contribution in [0.2, 0.25) is 0 Å². The minimum Gasteiger partial charge on any atom is -0.496 e. The first kappa shape index (κ1) is 19.4. The van der Waals surface area contributed by atoms with Crippen molar-refractivity contribution in [1.29, 1.82) is 0 Å². The number of hydrogen-bond donors (Lipinski definition) is 0. The summed E-state index contributed by atoms with van der Waals surface area (Å²) in [6.45, 7) is 0.745. The van der Waals surface area contributed by atoms with E-state index in [4.69, 9.17) is 9.47 Å². The summed E-state index contributed by atoms with van der Waals surface area (Å²) in [4.78, 5) is 29.0. The van der Waals surface area contributed by atoms with Crippen LogP contribution < -0.4 is 4.74 Å². The van der Waals surface area contributed by atoms with Crippen molar-refractivity contribution < 1.29 is 23.5 Å². The van der Waals surface area contributed by atoms with Crippen molar-refractivity contribution >= 4 is 11.8 Å². The number of likely N-dealkylation sites (tertiary alicyclic amines) is 1. The maximum atomic E-state index is 13.5. The predicted octanol–water partition coefficient (Wildman–Crippen LogP) is 2.43. The van der Waals surface area contributed by atoms with E-state index in [1.54, 1.807) is 16.8 Å². The maximum absolute atomic E-state index is 13.5. The van der Waals surface area contributed by atoms with Crippen LogP contribution in [-0.2, 0) is 15.1 Å². The average Bonchev–Trinajstić information content (AvgIpc) is 2.76. The summed E-state index contributed by atoms with van der Waals surface area (Å²) >= 11 is 0. The van der Waals surface area contributed by atoms with Gasteiger partial charge in [-0.05, 0) is 24.1 Å². The smallest absolute Gasteiger partial charge is 0.257 e. The van der Waals surface area contributed by atoms with Crippen molar-refractivity contribution in [3.8, 4) is 5.75 Å². The molecule has 2 aromatic carbocycles. The number of hydrogen-bond acceptors (Lipinski definition) is 4. The zero-order valence-corrected chi connectivity index (χ0v) is 16.4. The van der Waals surface area contributed by atoms with Crippen LogP contribution in [0.25, 0.3) is 0 Å². The topological polar surface area (TPSA) is 59.1 Å². The molecule has 152 valence electrons. The van der Waals surface area contributed by atoms with E-state index in [2.05, 4.69) is 0 Å². The monoisotopic (exact) mass is 398 g/mol. The Morgan fingerprint density at radius 2 is 2.00 bits per heavy atom. The van der Waals surface area contributed by atoms with E-state index in [-0.39, 0.29) is 30.3 Å². The standard InChI is InChI=1S/C22H23FN2O4/c1-24-20(26)14-29-19-13-25(11-10-22(19,24)15-6-4-3-5-7-15)21(27)17-9-8-16(23)12-18(17)28-2/h3-9,12,19H,10-11,13-14H2,1-2H3/t19-,22+/m1/s1. The van der Waals surface area contributed by atoms with Crippen LogP contribution in [-0.4, -0.2) is 61.6 Å². The van der Waals surface area contributed by atoms with Crippen LogP contribution in [0, 0.1) is 5.82 Å². The molecule has 2 fully saturated rings. The van der Waals surface area contributed by atoms with Gasteiger partial charge in [-0.1, -0.05) is 30.3 Å². The first-order chi connectivity index (χ1) is 14.0. The van der Waals surface area contributed by atoms with Gasteiger partial charge in [0.1, 0.15) is 24.3 Å². The molecule has 6 nitrogen and oxygen atoms in total. The Labute approximate surface area is 168 Å². The number of benzene rings is 2. The number of morpholine rings is 1. The molecule has 7 heteroatoms. The number of carbonyl (C=O) groups is 2. The maximum Gasteiger partial charge on any atom is 0.257 e. The fourth-order valence-electron chi connectivity index (χ4n) is 4.42. The van der Waals surface area contributed by atoms with Gasteiger partial charge in [-0.3, -0.25) is 9.59 Å². The van der Waals surface area contributed by atoms with Crippen molar-refractivity contribution in [3.05, 3.63) is 65.5 Å². The Kier molecular flexibility index (Phi) is 5.00. The Morgan fingerprint density at radius 1 is 1.24 bits per heavy atom. The van der Waals surface area contributed by atoms with E-state index in [0.717, 1.165) is 5.56 Å². The lowest BCUT2D eigenvalue weighted by atomic mass is 9.76. The minimum absolute atomic E-state index is 0.0162. The summed E-state index contributed by atoms with van der Waals surface area (Å²) in [5.74, 6) is -0.584. The van der Waals surface area contributed by atoms with E-state index >= 15 is 0 Å². The molecule has 0 bridgehead atoms. The van der Waals surface area contributed by atoms with E-state index in [1.807, 2.05) is 30.3 Å². The highest BCUT2D eigenvalue weighted by molar-refractivity contribution is 5.97. The highest BCUT2D eigenvalue weighted by atomic mass is 19.1. The van der Waals surface area contributed by atoms with E-state index in [0.29, 0.717) is 25.1 Å². The van der Waals surface area contributed by atoms with Crippen LogP contribution >= 0.6 is 0 Å². The SMILES string of the molecule is COc1cc(F)ccc1C(=O)N1CC[C@]2(c3ccccc3)[C@@H](C1)OCC(=O)N2C. The third-order valence-corrected chi connectivity index (χ3v) is 6.02. The molecule has 4 rings (SSSR count). The fourth-order valence-corrected chi connectivity index (χ4v) is 4.42. The van der Waals surface area contributed by atoms with Crippen LogP contribution in [0.1, 0.15) is 22.3 Å². The molecule has 29 heavy (non-hydrogen) atoms. The minimum atomic E-state index is -0.625. The first-order valence-corrected chi connectivity index (χ1v) is 9.54. The van der Waals surface area contributed by atoms with Crippen molar-refractivity contribution in [2.24, 2.45) is 0 Å². The fraction of sp³-hybridized carbons (Fsp3) is 0.364. The molecule has 0 aliphatic carbocycles. The lowest BCUT2D eigenvalue weighted by Crippen LogP contribution is -2.67. The summed E-state index contributed by atoms with van der Waals surface area (Å²) in [5.41, 5.74) is 0.675. The van der Waals surface area contributed by atoms with Crippen molar-refractivity contribution in [3.63, 3.8) is 0 Å². The third kappa shape index (κ3) is 3.15. The number of nitrogens with zero attached hydrogens (tertiary/aromatic N) is 2. The molecular weight excluding hydrogens is 375 g/mol. The molecule has 2 amide bonds. The van der Waals surface area contributed by atoms with Gasteiger partial charge in [0.2, 0.25) is 5.91 Å². The van der Waals surface area contributed by atoms with Crippen molar-refractivity contribution in [2.75, 3.05) is 33.9 Å². The lowest BCUT2D eigenvalue weighted by Gasteiger charge is -2.54. The highest BCUT2D eigenvalue weighted by Crippen LogP contribution is 2.42. The Hall–Kier alpha value is -2.93. The van der Waals surface area contributed by atoms with Gasteiger partial charge in [0.15, 0.2) is 0 Å². The first-order valence-electron chi connectivity index (χ1n) is 9.54. The van der Waals surface area contributed by atoms with Crippen LogP contribution in [0.3, 0.4) is 0 Å². The van der Waals surface area contributed by atoms with Gasteiger partial charge >= 0.3 is 0 Å². The van der Waals surface area contributed by atoms with Crippen LogP contribution in [0.15, 0.2) is 48.5 Å². The molecule has 0 unspecified atom stereocenters. The molecule has 0 aromatic heterocycles. The zero-order chi connectivity index (χ0) is 20.6. The molecule has 2 atom stereocenters. The number of piperidine rings is 1. The van der Waals surface area contributed by atoms with Gasteiger partial charge in [0, 0.05) is 26.2 Å². The molecule has 0 spiro atoms. The summed E-state index contributed by atoms with van der Waals surface area (Å²) in [6.07, 6.45) is 0.177. The molecule has 2 aromatic rings. The van der Waals surface area contributed by atoms with Crippen LogP contribution in [0.5, 0.6) is 5.75 Å². The molecule has 0 saturated carbocycles. The number of amides is 2. The summed E-state index contributed by atoms with van der Waals surface area (Å²) in [6, 6.07) is 13.7. The second-order valence-electron chi connectivity index (χ2n) is 7.39. The normalized spacial score (nSPS) is 24.2. The number of carbonyl (C=O) groups excluding carboxylic acids is 2. The number of methoxy groups -OCH3 is 1. The molecular formula is C22H23FN2O4. The number of fused-ring (bicyclic) bond motifs is 1. The molecule has 2 saturated heterocycles. The summed E-state index contributed by atoms with van der Waals surface area (Å²) in [5, 5.41) is 0. The van der Waals surface area contributed by atoms with E-state index < -0.39 is 11.4 Å². The molecule has 0 radical (unpaired) electrons. The zero-order valence-electron chi connectivity index (χ0n) is 16.4. The Balaban J connectivity index is 1.66. The quantitative estimate of drug-likeness (QED) is 0.797. The average molecular weight is 398 g/mol. The largest absolute Gasteiger partial charge is 0.496 e. The number of likely N-dealkylation sites (N-methyl/N-ethyl adjacent to an activating group) is 1. The molecule has 2 aliphatic rings. The van der Waals surface area contributed by atoms with E-state index in [1.165, 1.54) is 25.3 Å². The molecule has 0 N–H and O–H groups in total.